The van der Waals surface area contributed by atoms with Crippen molar-refractivity contribution in [1.82, 2.24) is 0 Å². The monoisotopic (exact) mass is 466 g/mol. The van der Waals surface area contributed by atoms with Gasteiger partial charge in [-0.25, -0.2) is 0 Å². The SMILES string of the molecule is C=C(C)/C(CCC)=C(\C=C/C)CC.CC.CSC1CCCC1.Cc1ccc2ccccc2c1. The molecule has 0 unspecified atom stereocenters. The molecule has 0 radical (unpaired) electrons. The highest BCUT2D eigenvalue weighted by atomic mass is 32.2. The number of hydrogen-bond donors (Lipinski definition) is 0. The average Bonchev–Trinajstić information content (AvgIpc) is 3.37. The topological polar surface area (TPSA) is 0 Å². The first-order valence-corrected chi connectivity index (χ1v) is 14.2. The fourth-order valence-electron chi connectivity index (χ4n) is 3.96. The zero-order valence-electron chi connectivity index (χ0n) is 22.8. The minimum absolute atomic E-state index is 1.01. The van der Waals surface area contributed by atoms with E-state index in [0.29, 0.717) is 0 Å². The Bertz CT molecular complexity index is 834. The molecule has 1 aliphatic rings. The van der Waals surface area contributed by atoms with Gasteiger partial charge in [0.15, 0.2) is 0 Å². The molecule has 0 spiro atoms. The third-order valence-electron chi connectivity index (χ3n) is 5.69. The van der Waals surface area contributed by atoms with E-state index in [9.17, 15) is 0 Å². The first-order chi connectivity index (χ1) is 16.0. The minimum atomic E-state index is 1.01. The summed E-state index contributed by atoms with van der Waals surface area (Å²) in [5, 5.41) is 3.66. The van der Waals surface area contributed by atoms with E-state index in [1.165, 1.54) is 65.2 Å². The smallest absolute Gasteiger partial charge is 0.00442 e. The number of hydrogen-bond acceptors (Lipinski definition) is 1. The normalized spacial score (nSPS) is 13.8. The Morgan fingerprint density at radius 3 is 2.09 bits per heavy atom. The number of allylic oxidation sites excluding steroid dienone is 5. The largest absolute Gasteiger partial charge is 0.162 e. The third-order valence-corrected chi connectivity index (χ3v) is 6.83. The Balaban J connectivity index is 0.000000463. The molecule has 0 atom stereocenters. The molecule has 1 fully saturated rings. The quantitative estimate of drug-likeness (QED) is 0.381. The van der Waals surface area contributed by atoms with Gasteiger partial charge in [0.05, 0.1) is 0 Å². The maximum atomic E-state index is 4.03. The Labute approximate surface area is 210 Å². The van der Waals surface area contributed by atoms with Crippen molar-refractivity contribution in [2.75, 3.05) is 6.26 Å². The number of fused-ring (bicyclic) bond motifs is 1. The van der Waals surface area contributed by atoms with Gasteiger partial charge < -0.3 is 0 Å². The Hall–Kier alpha value is -1.73. The Morgan fingerprint density at radius 1 is 1.03 bits per heavy atom. The van der Waals surface area contributed by atoms with Crippen molar-refractivity contribution in [1.29, 1.82) is 0 Å². The summed E-state index contributed by atoms with van der Waals surface area (Å²) in [4.78, 5) is 0. The maximum Gasteiger partial charge on any atom is 0.00442 e. The number of benzene rings is 2. The molecule has 0 aliphatic heterocycles. The van der Waals surface area contributed by atoms with Gasteiger partial charge in [-0.15, -0.1) is 0 Å². The number of aryl methyl sites for hydroxylation is 1. The molecule has 2 aromatic carbocycles. The summed E-state index contributed by atoms with van der Waals surface area (Å²) in [6, 6.07) is 14.9. The second-order valence-corrected chi connectivity index (χ2v) is 9.52. The van der Waals surface area contributed by atoms with Crippen LogP contribution in [-0.2, 0) is 0 Å². The molecule has 1 aliphatic carbocycles. The molecule has 0 aromatic heterocycles. The summed E-state index contributed by atoms with van der Waals surface area (Å²) in [7, 11) is 0. The van der Waals surface area contributed by atoms with Gasteiger partial charge in [-0.05, 0) is 74.6 Å². The Morgan fingerprint density at radius 2 is 1.64 bits per heavy atom. The number of thioether (sulfide) groups is 1. The molecule has 0 amide bonds. The summed E-state index contributed by atoms with van der Waals surface area (Å²) in [5.74, 6) is 0. The molecule has 0 saturated heterocycles. The molecule has 1 saturated carbocycles. The zero-order chi connectivity index (χ0) is 25.1. The van der Waals surface area contributed by atoms with Gasteiger partial charge in [0, 0.05) is 5.25 Å². The molecular formula is C32H50S. The molecule has 0 heterocycles. The molecule has 0 N–H and O–H groups in total. The molecule has 2 aromatic rings. The highest BCUT2D eigenvalue weighted by molar-refractivity contribution is 7.99. The van der Waals surface area contributed by atoms with Crippen LogP contribution in [0.25, 0.3) is 10.8 Å². The standard InChI is InChI=1S/C13H22.C11H10.C6H12S.C2H6/c1-6-9-12(8-3)13(10-7-2)11(4)5;1-9-6-7-10-4-2-3-5-11(10)8-9;1-7-6-4-2-3-5-6;1-2/h6,9H,4,7-8,10H2,1-3,5H3;2-8H,1H3;6H,2-5H2,1H3;1-2H3/b9-6-,13-12-;;;. The van der Waals surface area contributed by atoms with E-state index >= 15 is 0 Å². The van der Waals surface area contributed by atoms with E-state index in [-0.39, 0.29) is 0 Å². The van der Waals surface area contributed by atoms with Crippen molar-refractivity contribution in [2.24, 2.45) is 0 Å². The summed E-state index contributed by atoms with van der Waals surface area (Å²) >= 11 is 2.03. The van der Waals surface area contributed by atoms with Crippen LogP contribution in [0.3, 0.4) is 0 Å². The van der Waals surface area contributed by atoms with Gasteiger partial charge in [0.1, 0.15) is 0 Å². The highest BCUT2D eigenvalue weighted by Crippen LogP contribution is 2.27. The van der Waals surface area contributed by atoms with Crippen LogP contribution in [0.2, 0.25) is 0 Å². The fraction of sp³-hybridized carbons (Fsp3) is 0.500. The van der Waals surface area contributed by atoms with Crippen molar-refractivity contribution in [3.8, 4) is 0 Å². The van der Waals surface area contributed by atoms with Crippen molar-refractivity contribution >= 4 is 22.5 Å². The van der Waals surface area contributed by atoms with E-state index in [1.807, 2.05) is 25.6 Å². The lowest BCUT2D eigenvalue weighted by atomic mass is 9.96. The summed E-state index contributed by atoms with van der Waals surface area (Å²) < 4.78 is 0. The lowest BCUT2D eigenvalue weighted by molar-refractivity contribution is 0.886. The Kier molecular flexibility index (Phi) is 18.7. The van der Waals surface area contributed by atoms with Crippen LogP contribution in [-0.4, -0.2) is 11.5 Å². The second-order valence-electron chi connectivity index (χ2n) is 8.38. The van der Waals surface area contributed by atoms with Crippen LogP contribution in [0.15, 0.2) is 77.9 Å². The van der Waals surface area contributed by atoms with Gasteiger partial charge >= 0.3 is 0 Å². The molecule has 33 heavy (non-hydrogen) atoms. The van der Waals surface area contributed by atoms with E-state index < -0.39 is 0 Å². The van der Waals surface area contributed by atoms with Gasteiger partial charge in [0.2, 0.25) is 0 Å². The van der Waals surface area contributed by atoms with E-state index in [2.05, 4.69) is 102 Å². The second kappa shape index (κ2) is 19.7. The van der Waals surface area contributed by atoms with Crippen molar-refractivity contribution in [2.45, 2.75) is 98.7 Å². The highest BCUT2D eigenvalue weighted by Gasteiger charge is 2.11. The van der Waals surface area contributed by atoms with Crippen LogP contribution >= 0.6 is 11.8 Å². The van der Waals surface area contributed by atoms with Crippen LogP contribution < -0.4 is 0 Å². The summed E-state index contributed by atoms with van der Waals surface area (Å²) in [6.45, 7) is 18.7. The molecule has 3 rings (SSSR count). The molecule has 1 heteroatoms. The fourth-order valence-corrected chi connectivity index (χ4v) is 4.77. The van der Waals surface area contributed by atoms with Crippen molar-refractivity contribution < 1.29 is 0 Å². The van der Waals surface area contributed by atoms with Crippen LogP contribution in [0.4, 0.5) is 0 Å². The van der Waals surface area contributed by atoms with E-state index in [1.54, 1.807) is 0 Å². The van der Waals surface area contributed by atoms with Gasteiger partial charge in [-0.2, -0.15) is 11.8 Å². The van der Waals surface area contributed by atoms with Gasteiger partial charge in [-0.1, -0.05) is 119 Å². The zero-order valence-corrected chi connectivity index (χ0v) is 23.7. The molecule has 184 valence electrons. The van der Waals surface area contributed by atoms with Crippen LogP contribution in [0.5, 0.6) is 0 Å². The average molecular weight is 467 g/mol. The first kappa shape index (κ1) is 31.3. The van der Waals surface area contributed by atoms with Crippen molar-refractivity contribution in [3.05, 3.63) is 83.5 Å². The van der Waals surface area contributed by atoms with Crippen molar-refractivity contribution in [3.63, 3.8) is 0 Å². The van der Waals surface area contributed by atoms with E-state index in [4.69, 9.17) is 0 Å². The van der Waals surface area contributed by atoms with Gasteiger partial charge in [0.25, 0.3) is 0 Å². The van der Waals surface area contributed by atoms with Crippen LogP contribution in [0.1, 0.15) is 92.1 Å². The lowest BCUT2D eigenvalue weighted by Gasteiger charge is -2.10. The first-order valence-electron chi connectivity index (χ1n) is 13.0. The molecule has 0 bridgehead atoms. The summed E-state index contributed by atoms with van der Waals surface area (Å²) in [6.07, 6.45) is 15.9. The summed E-state index contributed by atoms with van der Waals surface area (Å²) in [5.41, 5.74) is 5.43. The minimum Gasteiger partial charge on any atom is -0.162 e. The molecule has 0 nitrogen and oxygen atoms in total. The van der Waals surface area contributed by atoms with Gasteiger partial charge in [-0.3, -0.25) is 0 Å². The van der Waals surface area contributed by atoms with Crippen LogP contribution in [0, 0.1) is 6.92 Å². The maximum absolute atomic E-state index is 4.03. The predicted octanol–water partition coefficient (Wildman–Crippen LogP) is 11.1. The predicted molar refractivity (Wildman–Crippen MR) is 158 cm³/mol. The number of rotatable bonds is 6. The van der Waals surface area contributed by atoms with E-state index in [0.717, 1.165) is 18.1 Å². The third kappa shape index (κ3) is 12.9. The molecular weight excluding hydrogens is 416 g/mol. The lowest BCUT2D eigenvalue weighted by Crippen LogP contribution is -1.90.